The first-order valence-electron chi connectivity index (χ1n) is 12.6. The summed E-state index contributed by atoms with van der Waals surface area (Å²) in [6.07, 6.45) is 6.15. The zero-order valence-corrected chi connectivity index (χ0v) is 20.8. The first-order chi connectivity index (χ1) is 17.5. The molecule has 0 unspecified atom stereocenters. The van der Waals surface area contributed by atoms with Gasteiger partial charge in [-0.25, -0.2) is 0 Å². The van der Waals surface area contributed by atoms with Crippen LogP contribution in [0.1, 0.15) is 41.6 Å². The third kappa shape index (κ3) is 4.69. The first kappa shape index (κ1) is 23.0. The highest BCUT2D eigenvalue weighted by molar-refractivity contribution is 6.32. The summed E-state index contributed by atoms with van der Waals surface area (Å²) < 4.78 is 0. The predicted octanol–water partition coefficient (Wildman–Crippen LogP) is 7.19. The largest absolute Gasteiger partial charge is 0.506 e. The molecule has 1 saturated carbocycles. The van der Waals surface area contributed by atoms with Crippen LogP contribution in [0.5, 0.6) is 5.75 Å². The lowest BCUT2D eigenvalue weighted by atomic mass is 9.99. The zero-order chi connectivity index (χ0) is 24.6. The fourth-order valence-electron chi connectivity index (χ4n) is 4.98. The molecule has 6 heteroatoms. The summed E-state index contributed by atoms with van der Waals surface area (Å²) >= 11 is 6.17. The van der Waals surface area contributed by atoms with Crippen molar-refractivity contribution in [1.29, 1.82) is 0 Å². The van der Waals surface area contributed by atoms with Crippen LogP contribution in [-0.2, 0) is 6.54 Å². The maximum absolute atomic E-state index is 13.2. The summed E-state index contributed by atoms with van der Waals surface area (Å²) in [5.41, 5.74) is 6.28. The molecule has 2 heterocycles. The molecular formula is C30H28ClN3O2. The van der Waals surface area contributed by atoms with Crippen molar-refractivity contribution in [2.24, 2.45) is 5.92 Å². The van der Waals surface area contributed by atoms with E-state index in [1.165, 1.54) is 31.5 Å². The molecule has 0 radical (unpaired) electrons. The molecule has 2 fully saturated rings. The van der Waals surface area contributed by atoms with Crippen LogP contribution in [0, 0.1) is 5.92 Å². The van der Waals surface area contributed by atoms with Crippen LogP contribution < -0.4 is 5.32 Å². The van der Waals surface area contributed by atoms with E-state index in [9.17, 15) is 9.90 Å². The fourth-order valence-corrected chi connectivity index (χ4v) is 5.16. The number of carbonyl (C=O) groups excluding carboxylic acids is 1. The van der Waals surface area contributed by atoms with E-state index in [0.29, 0.717) is 10.6 Å². The van der Waals surface area contributed by atoms with Crippen molar-refractivity contribution in [3.8, 4) is 16.9 Å². The molecule has 36 heavy (non-hydrogen) atoms. The van der Waals surface area contributed by atoms with Gasteiger partial charge in [-0.15, -0.1) is 0 Å². The Morgan fingerprint density at radius 1 is 1.00 bits per heavy atom. The number of ketones is 1. The Kier molecular flexibility index (Phi) is 6.12. The standard InChI is InChI=1S/C30H28ClN3O2/c31-26-16-22(8-12-28(26)35)21-7-11-27-24(15-21)29(25(17-32-27)30(36)20-5-6-20)33-23-9-3-19(4-10-23)18-34-13-1-2-14-34/h3-4,7-12,15-17,20,35H,1-2,5-6,13-14,18H2,(H,32,33). The second-order valence-corrected chi connectivity index (χ2v) is 10.3. The molecule has 6 rings (SSSR count). The van der Waals surface area contributed by atoms with Crippen LogP contribution in [-0.4, -0.2) is 33.9 Å². The highest BCUT2D eigenvalue weighted by Gasteiger charge is 2.32. The van der Waals surface area contributed by atoms with Crippen molar-refractivity contribution in [2.75, 3.05) is 18.4 Å². The summed E-state index contributed by atoms with van der Waals surface area (Å²) in [7, 11) is 0. The molecule has 0 atom stereocenters. The normalized spacial score (nSPS) is 15.9. The lowest BCUT2D eigenvalue weighted by Gasteiger charge is -2.17. The van der Waals surface area contributed by atoms with Crippen LogP contribution in [0.25, 0.3) is 22.0 Å². The van der Waals surface area contributed by atoms with Gasteiger partial charge in [0.15, 0.2) is 5.78 Å². The smallest absolute Gasteiger partial charge is 0.169 e. The van der Waals surface area contributed by atoms with E-state index in [-0.39, 0.29) is 17.5 Å². The number of likely N-dealkylation sites (tertiary alicyclic amines) is 1. The SMILES string of the molecule is O=C(c1cnc2ccc(-c3ccc(O)c(Cl)c3)cc2c1Nc1ccc(CN2CCCC2)cc1)C1CC1. The van der Waals surface area contributed by atoms with Gasteiger partial charge in [0.1, 0.15) is 5.75 Å². The number of hydrogen-bond donors (Lipinski definition) is 2. The Labute approximate surface area is 215 Å². The third-order valence-electron chi connectivity index (χ3n) is 7.19. The van der Waals surface area contributed by atoms with Gasteiger partial charge in [0, 0.05) is 29.7 Å². The molecule has 2 aliphatic rings. The van der Waals surface area contributed by atoms with E-state index < -0.39 is 0 Å². The molecule has 5 nitrogen and oxygen atoms in total. The number of phenols is 1. The zero-order valence-electron chi connectivity index (χ0n) is 20.0. The number of nitrogens with zero attached hydrogens (tertiary/aromatic N) is 2. The minimum Gasteiger partial charge on any atom is -0.506 e. The number of benzene rings is 3. The molecule has 1 aliphatic heterocycles. The summed E-state index contributed by atoms with van der Waals surface area (Å²) in [5, 5.41) is 14.6. The summed E-state index contributed by atoms with van der Waals surface area (Å²) in [6.45, 7) is 3.32. The van der Waals surface area contributed by atoms with E-state index in [1.54, 1.807) is 18.3 Å². The van der Waals surface area contributed by atoms with Crippen molar-refractivity contribution in [2.45, 2.75) is 32.2 Å². The van der Waals surface area contributed by atoms with Crippen LogP contribution in [0.3, 0.4) is 0 Å². The lowest BCUT2D eigenvalue weighted by Crippen LogP contribution is -2.18. The van der Waals surface area contributed by atoms with Crippen molar-refractivity contribution in [3.05, 3.63) is 83.0 Å². The lowest BCUT2D eigenvalue weighted by molar-refractivity contribution is 0.0968. The second-order valence-electron chi connectivity index (χ2n) is 9.89. The van der Waals surface area contributed by atoms with Crippen molar-refractivity contribution >= 4 is 39.7 Å². The van der Waals surface area contributed by atoms with E-state index in [2.05, 4.69) is 39.5 Å². The number of pyridine rings is 1. The van der Waals surface area contributed by atoms with Gasteiger partial charge in [-0.2, -0.15) is 0 Å². The Morgan fingerprint density at radius 2 is 1.72 bits per heavy atom. The maximum Gasteiger partial charge on any atom is 0.169 e. The summed E-state index contributed by atoms with van der Waals surface area (Å²) in [6, 6.07) is 19.7. The van der Waals surface area contributed by atoms with Crippen molar-refractivity contribution in [3.63, 3.8) is 0 Å². The number of aromatic hydroxyl groups is 1. The van der Waals surface area contributed by atoms with E-state index >= 15 is 0 Å². The molecule has 2 N–H and O–H groups in total. The number of nitrogens with one attached hydrogen (secondary N) is 1. The molecular weight excluding hydrogens is 470 g/mol. The average molecular weight is 498 g/mol. The predicted molar refractivity (Wildman–Crippen MR) is 145 cm³/mol. The first-order valence-corrected chi connectivity index (χ1v) is 13.0. The second kappa shape index (κ2) is 9.57. The van der Waals surface area contributed by atoms with Gasteiger partial charge >= 0.3 is 0 Å². The number of rotatable bonds is 7. The highest BCUT2D eigenvalue weighted by atomic mass is 35.5. The Bertz CT molecular complexity index is 1440. The van der Waals surface area contributed by atoms with E-state index in [4.69, 9.17) is 11.6 Å². The van der Waals surface area contributed by atoms with E-state index in [1.807, 2.05) is 24.3 Å². The number of anilines is 2. The van der Waals surface area contributed by atoms with Crippen LogP contribution >= 0.6 is 11.6 Å². The van der Waals surface area contributed by atoms with Gasteiger partial charge in [0.25, 0.3) is 0 Å². The number of fused-ring (bicyclic) bond motifs is 1. The van der Waals surface area contributed by atoms with Crippen LogP contribution in [0.2, 0.25) is 5.02 Å². The van der Waals surface area contributed by atoms with Crippen LogP contribution in [0.4, 0.5) is 11.4 Å². The van der Waals surface area contributed by atoms with Gasteiger partial charge in [-0.05, 0) is 91.9 Å². The molecule has 0 spiro atoms. The van der Waals surface area contributed by atoms with Gasteiger partial charge < -0.3 is 10.4 Å². The summed E-state index contributed by atoms with van der Waals surface area (Å²) in [4.78, 5) is 20.3. The number of Topliss-reactive ketones (excluding diaryl/α,β-unsaturated/α-hetero) is 1. The molecule has 0 bridgehead atoms. The van der Waals surface area contributed by atoms with E-state index in [0.717, 1.165) is 52.8 Å². The van der Waals surface area contributed by atoms with Gasteiger partial charge in [0.2, 0.25) is 0 Å². The molecule has 4 aromatic rings. The topological polar surface area (TPSA) is 65.5 Å². The fraction of sp³-hybridized carbons (Fsp3) is 0.267. The minimum absolute atomic E-state index is 0.0516. The Morgan fingerprint density at radius 3 is 2.44 bits per heavy atom. The highest BCUT2D eigenvalue weighted by Crippen LogP contribution is 2.39. The van der Waals surface area contributed by atoms with Crippen molar-refractivity contribution < 1.29 is 9.90 Å². The van der Waals surface area contributed by atoms with Crippen LogP contribution in [0.15, 0.2) is 66.9 Å². The number of hydrogen-bond acceptors (Lipinski definition) is 5. The van der Waals surface area contributed by atoms with Crippen molar-refractivity contribution in [1.82, 2.24) is 9.88 Å². The molecule has 182 valence electrons. The molecule has 1 aromatic heterocycles. The Hall–Kier alpha value is -3.41. The molecule has 0 amide bonds. The average Bonchev–Trinajstić information content (AvgIpc) is 3.63. The quantitative estimate of drug-likeness (QED) is 0.264. The Balaban J connectivity index is 1.39. The number of phenolic OH excluding ortho intramolecular Hbond substituents is 1. The number of aromatic nitrogens is 1. The molecule has 1 saturated heterocycles. The monoisotopic (exact) mass is 497 g/mol. The third-order valence-corrected chi connectivity index (χ3v) is 7.49. The number of carbonyl (C=O) groups is 1. The van der Waals surface area contributed by atoms with Gasteiger partial charge in [-0.1, -0.05) is 35.9 Å². The maximum atomic E-state index is 13.2. The number of halogens is 1. The molecule has 1 aliphatic carbocycles. The van der Waals surface area contributed by atoms with Gasteiger partial charge in [0.05, 0.1) is 21.8 Å². The van der Waals surface area contributed by atoms with Gasteiger partial charge in [-0.3, -0.25) is 14.7 Å². The minimum atomic E-state index is 0.0516. The summed E-state index contributed by atoms with van der Waals surface area (Å²) in [5.74, 6) is 0.290. The molecule has 3 aromatic carbocycles.